The molecular formula is C19H26ClF2N3O2. The van der Waals surface area contributed by atoms with E-state index < -0.39 is 28.1 Å². The molecule has 0 radical (unpaired) electrons. The molecule has 27 heavy (non-hydrogen) atoms. The van der Waals surface area contributed by atoms with E-state index in [1.807, 2.05) is 20.8 Å². The SMILES string of the molecule is CC(C)(C)NC(=O)CN1CCC(CNC(=O)c2cc(F)cc(Cl)c2F)CC1. The fourth-order valence-corrected chi connectivity index (χ4v) is 3.27. The molecule has 8 heteroatoms. The van der Waals surface area contributed by atoms with Gasteiger partial charge in [0, 0.05) is 12.1 Å². The van der Waals surface area contributed by atoms with E-state index in [-0.39, 0.29) is 17.4 Å². The van der Waals surface area contributed by atoms with Crippen molar-refractivity contribution in [3.05, 3.63) is 34.4 Å². The van der Waals surface area contributed by atoms with Gasteiger partial charge in [0.2, 0.25) is 5.91 Å². The Balaban J connectivity index is 1.78. The third-order valence-corrected chi connectivity index (χ3v) is 4.65. The molecule has 0 unspecified atom stereocenters. The topological polar surface area (TPSA) is 61.4 Å². The van der Waals surface area contributed by atoms with Crippen molar-refractivity contribution in [1.82, 2.24) is 15.5 Å². The molecule has 2 amide bonds. The van der Waals surface area contributed by atoms with Gasteiger partial charge in [0.05, 0.1) is 17.1 Å². The first-order valence-corrected chi connectivity index (χ1v) is 9.39. The summed E-state index contributed by atoms with van der Waals surface area (Å²) in [6, 6.07) is 1.67. The van der Waals surface area contributed by atoms with Crippen molar-refractivity contribution in [2.45, 2.75) is 39.2 Å². The summed E-state index contributed by atoms with van der Waals surface area (Å²) in [7, 11) is 0. The van der Waals surface area contributed by atoms with Crippen LogP contribution >= 0.6 is 11.6 Å². The summed E-state index contributed by atoms with van der Waals surface area (Å²) < 4.78 is 27.2. The minimum absolute atomic E-state index is 0.00675. The number of nitrogens with one attached hydrogen (secondary N) is 2. The average molecular weight is 402 g/mol. The van der Waals surface area contributed by atoms with Gasteiger partial charge in [-0.25, -0.2) is 8.78 Å². The lowest BCUT2D eigenvalue weighted by atomic mass is 9.96. The molecule has 0 aliphatic carbocycles. The zero-order valence-corrected chi connectivity index (χ0v) is 16.6. The number of carbonyl (C=O) groups excluding carboxylic acids is 2. The van der Waals surface area contributed by atoms with Gasteiger partial charge in [0.15, 0.2) is 5.82 Å². The lowest BCUT2D eigenvalue weighted by Gasteiger charge is -2.32. The zero-order chi connectivity index (χ0) is 20.2. The summed E-state index contributed by atoms with van der Waals surface area (Å²) >= 11 is 5.58. The normalized spacial score (nSPS) is 16.2. The van der Waals surface area contributed by atoms with E-state index in [0.717, 1.165) is 38.1 Å². The summed E-state index contributed by atoms with van der Waals surface area (Å²) in [4.78, 5) is 26.2. The standard InChI is InChI=1S/C19H26ClF2N3O2/c1-19(2,3)24-16(26)11-25-6-4-12(5-7-25)10-23-18(27)14-8-13(21)9-15(20)17(14)22/h8-9,12H,4-7,10-11H2,1-3H3,(H,23,27)(H,24,26). The summed E-state index contributed by atoms with van der Waals surface area (Å²) in [6.45, 7) is 8.03. The van der Waals surface area contributed by atoms with E-state index in [1.165, 1.54) is 0 Å². The predicted octanol–water partition coefficient (Wildman–Crippen LogP) is 2.97. The molecular weight excluding hydrogens is 376 g/mol. The van der Waals surface area contributed by atoms with Gasteiger partial charge < -0.3 is 10.6 Å². The van der Waals surface area contributed by atoms with Gasteiger partial charge in [-0.15, -0.1) is 0 Å². The number of hydrogen-bond donors (Lipinski definition) is 2. The Morgan fingerprint density at radius 1 is 1.22 bits per heavy atom. The van der Waals surface area contributed by atoms with Gasteiger partial charge in [0.25, 0.3) is 5.91 Å². The molecule has 1 fully saturated rings. The minimum Gasteiger partial charge on any atom is -0.352 e. The number of nitrogens with zero attached hydrogens (tertiary/aromatic N) is 1. The molecule has 0 aromatic heterocycles. The second kappa shape index (κ2) is 8.97. The summed E-state index contributed by atoms with van der Waals surface area (Å²) in [5.74, 6) is -2.14. The molecule has 0 spiro atoms. The van der Waals surface area contributed by atoms with Crippen LogP contribution in [-0.4, -0.2) is 48.4 Å². The molecule has 1 aromatic rings. The molecule has 0 bridgehead atoms. The van der Waals surface area contributed by atoms with Crippen LogP contribution in [0.5, 0.6) is 0 Å². The van der Waals surface area contributed by atoms with Gasteiger partial charge in [-0.2, -0.15) is 0 Å². The smallest absolute Gasteiger partial charge is 0.254 e. The third kappa shape index (κ3) is 6.74. The van der Waals surface area contributed by atoms with Gasteiger partial charge in [-0.3, -0.25) is 14.5 Å². The van der Waals surface area contributed by atoms with Crippen LogP contribution in [0.4, 0.5) is 8.78 Å². The van der Waals surface area contributed by atoms with E-state index in [2.05, 4.69) is 15.5 Å². The summed E-state index contributed by atoms with van der Waals surface area (Å²) in [6.07, 6.45) is 1.63. The maximum absolute atomic E-state index is 13.9. The molecule has 150 valence electrons. The first kappa shape index (κ1) is 21.6. The number of likely N-dealkylation sites (tertiary alicyclic amines) is 1. The monoisotopic (exact) mass is 401 g/mol. The second-order valence-corrected chi connectivity index (χ2v) is 8.38. The fraction of sp³-hybridized carbons (Fsp3) is 0.579. The average Bonchev–Trinajstić information content (AvgIpc) is 2.55. The van der Waals surface area contributed by atoms with Crippen molar-refractivity contribution in [3.8, 4) is 0 Å². The molecule has 2 N–H and O–H groups in total. The summed E-state index contributed by atoms with van der Waals surface area (Å²) in [5, 5.41) is 5.17. The maximum Gasteiger partial charge on any atom is 0.254 e. The largest absolute Gasteiger partial charge is 0.352 e. The van der Waals surface area contributed by atoms with E-state index in [0.29, 0.717) is 13.1 Å². The molecule has 0 atom stereocenters. The number of amides is 2. The van der Waals surface area contributed by atoms with E-state index in [1.54, 1.807) is 0 Å². The van der Waals surface area contributed by atoms with Crippen LogP contribution in [-0.2, 0) is 4.79 Å². The van der Waals surface area contributed by atoms with Gasteiger partial charge >= 0.3 is 0 Å². The van der Waals surface area contributed by atoms with E-state index in [4.69, 9.17) is 11.6 Å². The van der Waals surface area contributed by atoms with Crippen molar-refractivity contribution >= 4 is 23.4 Å². The van der Waals surface area contributed by atoms with Crippen molar-refractivity contribution in [3.63, 3.8) is 0 Å². The van der Waals surface area contributed by atoms with E-state index >= 15 is 0 Å². The van der Waals surface area contributed by atoms with Crippen LogP contribution in [0.15, 0.2) is 12.1 Å². The number of carbonyl (C=O) groups is 2. The maximum atomic E-state index is 13.9. The Kier molecular flexibility index (Phi) is 7.17. The van der Waals surface area contributed by atoms with Crippen LogP contribution in [0.2, 0.25) is 5.02 Å². The highest BCUT2D eigenvalue weighted by molar-refractivity contribution is 6.31. The molecule has 2 rings (SSSR count). The molecule has 1 saturated heterocycles. The number of halogens is 3. The van der Waals surface area contributed by atoms with Gasteiger partial charge in [-0.05, 0) is 64.8 Å². The molecule has 5 nitrogen and oxygen atoms in total. The number of benzene rings is 1. The highest BCUT2D eigenvalue weighted by Gasteiger charge is 2.23. The van der Waals surface area contributed by atoms with Gasteiger partial charge in [0.1, 0.15) is 5.82 Å². The quantitative estimate of drug-likeness (QED) is 0.746. The highest BCUT2D eigenvalue weighted by atomic mass is 35.5. The third-order valence-electron chi connectivity index (χ3n) is 4.38. The van der Waals surface area contributed by atoms with Crippen LogP contribution in [0, 0.1) is 17.6 Å². The molecule has 1 heterocycles. The highest BCUT2D eigenvalue weighted by Crippen LogP contribution is 2.21. The van der Waals surface area contributed by atoms with E-state index in [9.17, 15) is 18.4 Å². The number of rotatable bonds is 5. The van der Waals surface area contributed by atoms with Crippen LogP contribution < -0.4 is 10.6 Å². The predicted molar refractivity (Wildman–Crippen MR) is 101 cm³/mol. The Hall–Kier alpha value is -1.73. The van der Waals surface area contributed by atoms with Crippen molar-refractivity contribution in [2.75, 3.05) is 26.2 Å². The molecule has 0 saturated carbocycles. The Morgan fingerprint density at radius 3 is 2.44 bits per heavy atom. The zero-order valence-electron chi connectivity index (χ0n) is 15.9. The number of piperidine rings is 1. The lowest BCUT2D eigenvalue weighted by Crippen LogP contribution is -2.48. The second-order valence-electron chi connectivity index (χ2n) is 7.98. The van der Waals surface area contributed by atoms with Crippen LogP contribution in [0.25, 0.3) is 0 Å². The minimum atomic E-state index is -0.921. The van der Waals surface area contributed by atoms with Crippen LogP contribution in [0.1, 0.15) is 44.0 Å². The molecule has 1 aromatic carbocycles. The van der Waals surface area contributed by atoms with Gasteiger partial charge in [-0.1, -0.05) is 11.6 Å². The Labute approximate surface area is 163 Å². The lowest BCUT2D eigenvalue weighted by molar-refractivity contribution is -0.124. The van der Waals surface area contributed by atoms with Crippen molar-refractivity contribution < 1.29 is 18.4 Å². The first-order chi connectivity index (χ1) is 12.5. The van der Waals surface area contributed by atoms with Crippen molar-refractivity contribution in [1.29, 1.82) is 0 Å². The Morgan fingerprint density at radius 2 is 1.85 bits per heavy atom. The summed E-state index contributed by atoms with van der Waals surface area (Å²) in [5.41, 5.74) is -0.648. The fourth-order valence-electron chi connectivity index (χ4n) is 3.06. The first-order valence-electron chi connectivity index (χ1n) is 9.01. The molecule has 1 aliphatic heterocycles. The molecule has 1 aliphatic rings. The van der Waals surface area contributed by atoms with Crippen LogP contribution in [0.3, 0.4) is 0 Å². The van der Waals surface area contributed by atoms with Crippen molar-refractivity contribution in [2.24, 2.45) is 5.92 Å². The Bertz CT molecular complexity index is 699. The number of hydrogen-bond acceptors (Lipinski definition) is 3.